The van der Waals surface area contributed by atoms with Crippen molar-refractivity contribution in [3.63, 3.8) is 0 Å². The highest BCUT2D eigenvalue weighted by Gasteiger charge is 2.26. The molecule has 0 aliphatic rings. The normalized spacial score (nSPS) is 13.8. The van der Waals surface area contributed by atoms with Crippen molar-refractivity contribution in [1.29, 1.82) is 0 Å². The minimum Gasteiger partial charge on any atom is -0.550 e. The van der Waals surface area contributed by atoms with E-state index < -0.39 is 30.4 Å². The Balaban J connectivity index is 1.88. The lowest BCUT2D eigenvalue weighted by molar-refractivity contribution is -0.307. The van der Waals surface area contributed by atoms with Crippen molar-refractivity contribution >= 4 is 11.9 Å². The van der Waals surface area contributed by atoms with Gasteiger partial charge in [-0.3, -0.25) is 4.79 Å². The Kier molecular flexibility index (Phi) is 10.2. The van der Waals surface area contributed by atoms with Crippen LogP contribution in [0.25, 0.3) is 11.4 Å². The standard InChI is InChI=1S/C29H36FN3O5/c1-18(2)27-26(29(38)31-17-19(3)20-7-5-4-6-8-20)32-28(21-9-11-22(30)12-10-21)33(27)14-13-23(34)15-24(35)16-25(36)37/h4-12,18-19,23-24,34-35H,13-17H2,1-3H3,(H,31,38)(H,36,37)/p-1/t19-,23-,24-/m1/s1. The summed E-state index contributed by atoms with van der Waals surface area (Å²) in [6.07, 6.45) is -2.73. The third-order valence-corrected chi connectivity index (χ3v) is 6.44. The summed E-state index contributed by atoms with van der Waals surface area (Å²) in [6.45, 7) is 6.56. The lowest BCUT2D eigenvalue weighted by Crippen LogP contribution is -2.30. The number of nitrogens with one attached hydrogen (secondary N) is 1. The molecule has 0 saturated carbocycles. The van der Waals surface area contributed by atoms with E-state index in [4.69, 9.17) is 0 Å². The van der Waals surface area contributed by atoms with E-state index in [0.29, 0.717) is 23.6 Å². The molecule has 9 heteroatoms. The lowest BCUT2D eigenvalue weighted by Gasteiger charge is -2.19. The van der Waals surface area contributed by atoms with Crippen LogP contribution in [0.5, 0.6) is 0 Å². The predicted molar refractivity (Wildman–Crippen MR) is 140 cm³/mol. The first-order chi connectivity index (χ1) is 18.1. The molecule has 0 radical (unpaired) electrons. The minimum absolute atomic E-state index is 0.0869. The van der Waals surface area contributed by atoms with E-state index in [1.54, 1.807) is 12.1 Å². The molecule has 3 atom stereocenters. The molecule has 0 saturated heterocycles. The highest BCUT2D eigenvalue weighted by Crippen LogP contribution is 2.29. The van der Waals surface area contributed by atoms with Gasteiger partial charge in [0.15, 0.2) is 0 Å². The number of carboxylic acids is 1. The van der Waals surface area contributed by atoms with Gasteiger partial charge in [-0.15, -0.1) is 0 Å². The molecule has 1 aromatic heterocycles. The van der Waals surface area contributed by atoms with Gasteiger partial charge in [0.05, 0.1) is 17.9 Å². The first-order valence-corrected chi connectivity index (χ1v) is 12.8. The van der Waals surface area contributed by atoms with Crippen LogP contribution in [0.3, 0.4) is 0 Å². The van der Waals surface area contributed by atoms with Gasteiger partial charge in [-0.1, -0.05) is 51.1 Å². The molecule has 0 aliphatic carbocycles. The van der Waals surface area contributed by atoms with E-state index in [1.807, 2.05) is 55.7 Å². The van der Waals surface area contributed by atoms with Crippen LogP contribution in [-0.4, -0.2) is 50.4 Å². The van der Waals surface area contributed by atoms with Crippen LogP contribution >= 0.6 is 0 Å². The molecular formula is C29H35FN3O5-. The number of nitrogens with zero attached hydrogens (tertiary/aromatic N) is 2. The quantitative estimate of drug-likeness (QED) is 0.316. The number of aliphatic hydroxyl groups excluding tert-OH is 2. The molecule has 3 N–H and O–H groups in total. The van der Waals surface area contributed by atoms with Crippen molar-refractivity contribution in [1.82, 2.24) is 14.9 Å². The molecule has 0 spiro atoms. The molecule has 0 unspecified atom stereocenters. The third-order valence-electron chi connectivity index (χ3n) is 6.44. The van der Waals surface area contributed by atoms with Crippen LogP contribution < -0.4 is 10.4 Å². The number of benzene rings is 2. The number of aliphatic carboxylic acids is 1. The minimum atomic E-state index is -1.39. The van der Waals surface area contributed by atoms with Gasteiger partial charge in [0.25, 0.3) is 5.91 Å². The second-order valence-electron chi connectivity index (χ2n) is 9.91. The van der Waals surface area contributed by atoms with Crippen molar-refractivity contribution in [3.05, 3.63) is 77.4 Å². The first kappa shape index (κ1) is 29.0. The maximum absolute atomic E-state index is 13.6. The Bertz CT molecular complexity index is 1210. The van der Waals surface area contributed by atoms with Crippen LogP contribution in [0.4, 0.5) is 4.39 Å². The van der Waals surface area contributed by atoms with Gasteiger partial charge in [0.1, 0.15) is 17.3 Å². The summed E-state index contributed by atoms with van der Waals surface area (Å²) in [5.74, 6) is -1.69. The Morgan fingerprint density at radius 3 is 2.29 bits per heavy atom. The van der Waals surface area contributed by atoms with E-state index in [0.717, 1.165) is 5.56 Å². The van der Waals surface area contributed by atoms with Gasteiger partial charge in [0.2, 0.25) is 0 Å². The molecule has 1 heterocycles. The average molecular weight is 525 g/mol. The molecule has 0 aliphatic heterocycles. The predicted octanol–water partition coefficient (Wildman–Crippen LogP) is 2.99. The number of halogens is 1. The molecule has 2 aromatic carbocycles. The van der Waals surface area contributed by atoms with Gasteiger partial charge in [-0.05, 0) is 54.5 Å². The summed E-state index contributed by atoms with van der Waals surface area (Å²) in [5.41, 5.74) is 2.63. The summed E-state index contributed by atoms with van der Waals surface area (Å²) in [7, 11) is 0. The zero-order chi connectivity index (χ0) is 27.8. The zero-order valence-electron chi connectivity index (χ0n) is 21.9. The lowest BCUT2D eigenvalue weighted by atomic mass is 10.0. The Labute approximate surface area is 222 Å². The molecule has 3 rings (SSSR count). The zero-order valence-corrected chi connectivity index (χ0v) is 21.9. The molecular weight excluding hydrogens is 489 g/mol. The molecule has 8 nitrogen and oxygen atoms in total. The number of imidazole rings is 1. The number of rotatable bonds is 13. The van der Waals surface area contributed by atoms with Crippen molar-refractivity contribution < 1.29 is 29.3 Å². The number of carbonyl (C=O) groups is 2. The maximum atomic E-state index is 13.6. The Morgan fingerprint density at radius 1 is 1.03 bits per heavy atom. The fourth-order valence-corrected chi connectivity index (χ4v) is 4.48. The van der Waals surface area contributed by atoms with Crippen LogP contribution in [0.1, 0.15) is 73.6 Å². The van der Waals surface area contributed by atoms with Crippen molar-refractivity contribution in [3.8, 4) is 11.4 Å². The molecule has 204 valence electrons. The van der Waals surface area contributed by atoms with E-state index in [-0.39, 0.29) is 42.8 Å². The summed E-state index contributed by atoms with van der Waals surface area (Å²) < 4.78 is 15.5. The second-order valence-corrected chi connectivity index (χ2v) is 9.91. The van der Waals surface area contributed by atoms with Crippen molar-refractivity contribution in [2.45, 2.75) is 70.6 Å². The topological polar surface area (TPSA) is 128 Å². The Hall–Kier alpha value is -3.56. The number of hydrogen-bond donors (Lipinski definition) is 3. The van der Waals surface area contributed by atoms with Gasteiger partial charge in [-0.2, -0.15) is 0 Å². The number of hydrogen-bond acceptors (Lipinski definition) is 6. The number of carboxylic acid groups (broad SMARTS) is 1. The molecule has 1 amide bonds. The number of aliphatic hydroxyl groups is 2. The summed E-state index contributed by atoms with van der Waals surface area (Å²) in [6, 6.07) is 15.6. The van der Waals surface area contributed by atoms with Gasteiger partial charge in [-0.25, -0.2) is 9.37 Å². The smallest absolute Gasteiger partial charge is 0.271 e. The van der Waals surface area contributed by atoms with Gasteiger partial charge >= 0.3 is 0 Å². The first-order valence-electron chi connectivity index (χ1n) is 12.8. The molecule has 38 heavy (non-hydrogen) atoms. The van der Waals surface area contributed by atoms with Crippen LogP contribution in [0, 0.1) is 5.82 Å². The SMILES string of the molecule is CC(C)c1c(C(=O)NC[C@@H](C)c2ccccc2)nc(-c2ccc(F)cc2)n1CC[C@@H](O)C[C@@H](O)CC(=O)[O-]. The van der Waals surface area contributed by atoms with E-state index in [9.17, 15) is 29.3 Å². The summed E-state index contributed by atoms with van der Waals surface area (Å²) in [4.78, 5) is 28.8. The summed E-state index contributed by atoms with van der Waals surface area (Å²) in [5, 5.41) is 34.0. The van der Waals surface area contributed by atoms with Crippen LogP contribution in [0.2, 0.25) is 0 Å². The van der Waals surface area contributed by atoms with Crippen molar-refractivity contribution in [2.24, 2.45) is 0 Å². The van der Waals surface area contributed by atoms with Crippen molar-refractivity contribution in [2.75, 3.05) is 6.54 Å². The number of aromatic nitrogens is 2. The highest BCUT2D eigenvalue weighted by atomic mass is 19.1. The van der Waals surface area contributed by atoms with Crippen LogP contribution in [0.15, 0.2) is 54.6 Å². The monoisotopic (exact) mass is 524 g/mol. The van der Waals surface area contributed by atoms with E-state index in [2.05, 4.69) is 10.3 Å². The average Bonchev–Trinajstić information content (AvgIpc) is 3.26. The second kappa shape index (κ2) is 13.3. The highest BCUT2D eigenvalue weighted by molar-refractivity contribution is 5.94. The fourth-order valence-electron chi connectivity index (χ4n) is 4.48. The molecule has 3 aromatic rings. The fraction of sp³-hybridized carbons (Fsp3) is 0.414. The van der Waals surface area contributed by atoms with Crippen LogP contribution in [-0.2, 0) is 11.3 Å². The third kappa shape index (κ3) is 7.72. The maximum Gasteiger partial charge on any atom is 0.271 e. The van der Waals surface area contributed by atoms with Gasteiger partial charge in [0, 0.05) is 31.0 Å². The molecule has 0 fully saturated rings. The largest absolute Gasteiger partial charge is 0.550 e. The van der Waals surface area contributed by atoms with Gasteiger partial charge < -0.3 is 30.0 Å². The number of carbonyl (C=O) groups excluding carboxylic acids is 2. The van der Waals surface area contributed by atoms with E-state index in [1.165, 1.54) is 12.1 Å². The molecule has 0 bridgehead atoms. The Morgan fingerprint density at radius 2 is 1.68 bits per heavy atom. The summed E-state index contributed by atoms with van der Waals surface area (Å²) >= 11 is 0. The number of amides is 1. The van der Waals surface area contributed by atoms with E-state index >= 15 is 0 Å².